The molecule has 0 radical (unpaired) electrons. The number of fused-ring (bicyclic) bond motifs is 1. The molecule has 2 heterocycles. The van der Waals surface area contributed by atoms with E-state index < -0.39 is 17.5 Å². The third-order valence-electron chi connectivity index (χ3n) is 5.49. The normalized spacial score (nSPS) is 11.8. The Labute approximate surface area is 183 Å². The second kappa shape index (κ2) is 8.12. The number of amides is 1. The van der Waals surface area contributed by atoms with Gasteiger partial charge >= 0.3 is 0 Å². The molecule has 0 unspecified atom stereocenters. The van der Waals surface area contributed by atoms with E-state index in [0.29, 0.717) is 11.3 Å². The molecule has 7 nitrogen and oxygen atoms in total. The number of carbonyl (C=O) groups excluding carboxylic acids is 1. The van der Waals surface area contributed by atoms with Gasteiger partial charge in [0.15, 0.2) is 5.69 Å². The van der Waals surface area contributed by atoms with Crippen molar-refractivity contribution in [1.82, 2.24) is 19.9 Å². The summed E-state index contributed by atoms with van der Waals surface area (Å²) in [6.07, 6.45) is 1.59. The average molecular weight is 429 g/mol. The molecule has 1 amide bonds. The number of halogens is 1. The molecule has 2 N–H and O–H groups in total. The lowest BCUT2D eigenvalue weighted by atomic mass is 10.0. The smallest absolute Gasteiger partial charge is 0.275 e. The number of nitrogens with zero attached hydrogens (tertiary/aromatic N) is 3. The van der Waals surface area contributed by atoms with Gasteiger partial charge in [0, 0.05) is 0 Å². The minimum Gasteiger partial charge on any atom is -0.344 e. The molecule has 0 fully saturated rings. The number of rotatable bonds is 4. The highest BCUT2D eigenvalue weighted by atomic mass is 19.1. The van der Waals surface area contributed by atoms with Gasteiger partial charge < -0.3 is 10.3 Å². The van der Waals surface area contributed by atoms with E-state index in [0.717, 1.165) is 16.7 Å². The van der Waals surface area contributed by atoms with Gasteiger partial charge in [0.25, 0.3) is 11.5 Å². The number of hydrogen-bond acceptors (Lipinski definition) is 4. The standard InChI is InChI=1S/C24H20FN5O2/c1-13-4-5-17(10-14(13)2)20-12-30-22(24(32)28-20)19(11-26)21(29-30)23(31)27-15(3)16-6-8-18(25)9-7-16/h4-10,12,15H,1-3H3,(H,27,31)(H,28,32)/t15-/m1/s1. The molecule has 4 aromatic rings. The molecule has 0 aliphatic carbocycles. The van der Waals surface area contributed by atoms with Gasteiger partial charge in [-0.05, 0) is 61.2 Å². The SMILES string of the molecule is Cc1ccc(-c2cn3nc(C(=O)N[C@H](C)c4ccc(F)cc4)c(C#N)c3c(=O)[nH]2)cc1C. The van der Waals surface area contributed by atoms with Crippen molar-refractivity contribution in [2.75, 3.05) is 0 Å². The van der Waals surface area contributed by atoms with Crippen LogP contribution in [0.1, 0.15) is 45.7 Å². The van der Waals surface area contributed by atoms with Crippen LogP contribution < -0.4 is 10.9 Å². The Bertz CT molecular complexity index is 1440. The van der Waals surface area contributed by atoms with E-state index in [1.165, 1.54) is 16.6 Å². The Morgan fingerprint density at radius 2 is 1.91 bits per heavy atom. The number of nitriles is 1. The Kier molecular flexibility index (Phi) is 5.33. The maximum atomic E-state index is 13.2. The Balaban J connectivity index is 1.73. The van der Waals surface area contributed by atoms with Crippen LogP contribution in [0, 0.1) is 31.0 Å². The van der Waals surface area contributed by atoms with E-state index in [1.807, 2.05) is 38.1 Å². The average Bonchev–Trinajstić information content (AvgIpc) is 3.15. The molecule has 0 aliphatic rings. The van der Waals surface area contributed by atoms with E-state index in [-0.39, 0.29) is 22.6 Å². The van der Waals surface area contributed by atoms with E-state index in [4.69, 9.17) is 0 Å². The highest BCUT2D eigenvalue weighted by Gasteiger charge is 2.23. The molecule has 0 saturated heterocycles. The van der Waals surface area contributed by atoms with Gasteiger partial charge in [-0.2, -0.15) is 10.4 Å². The summed E-state index contributed by atoms with van der Waals surface area (Å²) in [5.74, 6) is -0.979. The van der Waals surface area contributed by atoms with Gasteiger partial charge in [-0.15, -0.1) is 0 Å². The van der Waals surface area contributed by atoms with Crippen molar-refractivity contribution in [1.29, 1.82) is 5.26 Å². The number of benzene rings is 2. The highest BCUT2D eigenvalue weighted by molar-refractivity contribution is 5.97. The molecule has 160 valence electrons. The van der Waals surface area contributed by atoms with Crippen molar-refractivity contribution in [2.45, 2.75) is 26.8 Å². The number of aryl methyl sites for hydroxylation is 2. The largest absolute Gasteiger partial charge is 0.344 e. The first-order valence-electron chi connectivity index (χ1n) is 9.98. The number of H-pyrrole nitrogens is 1. The lowest BCUT2D eigenvalue weighted by Gasteiger charge is -2.13. The lowest BCUT2D eigenvalue weighted by Crippen LogP contribution is -2.27. The lowest BCUT2D eigenvalue weighted by molar-refractivity contribution is 0.0934. The molecule has 0 aliphatic heterocycles. The summed E-state index contributed by atoms with van der Waals surface area (Å²) in [5.41, 5.74) is 3.41. The predicted octanol–water partition coefficient (Wildman–Crippen LogP) is 3.81. The van der Waals surface area contributed by atoms with Crippen LogP contribution >= 0.6 is 0 Å². The van der Waals surface area contributed by atoms with Crippen LogP contribution in [-0.4, -0.2) is 20.5 Å². The molecule has 2 aromatic heterocycles. The molecule has 4 rings (SSSR count). The first-order valence-corrected chi connectivity index (χ1v) is 9.98. The maximum Gasteiger partial charge on any atom is 0.275 e. The summed E-state index contributed by atoms with van der Waals surface area (Å²) in [6, 6.07) is 13.0. The highest BCUT2D eigenvalue weighted by Crippen LogP contribution is 2.21. The van der Waals surface area contributed by atoms with Crippen molar-refractivity contribution >= 4 is 11.4 Å². The summed E-state index contributed by atoms with van der Waals surface area (Å²) >= 11 is 0. The van der Waals surface area contributed by atoms with Crippen molar-refractivity contribution in [3.05, 3.63) is 92.8 Å². The molecule has 1 atom stereocenters. The van der Waals surface area contributed by atoms with Crippen molar-refractivity contribution in [3.8, 4) is 17.3 Å². The summed E-state index contributed by atoms with van der Waals surface area (Å²) in [6.45, 7) is 5.70. The van der Waals surface area contributed by atoms with Crippen LogP contribution in [0.4, 0.5) is 4.39 Å². The minimum atomic E-state index is -0.603. The quantitative estimate of drug-likeness (QED) is 0.515. The van der Waals surface area contributed by atoms with Crippen LogP contribution in [0.5, 0.6) is 0 Å². The monoisotopic (exact) mass is 429 g/mol. The second-order valence-corrected chi connectivity index (χ2v) is 7.67. The van der Waals surface area contributed by atoms with Gasteiger partial charge in [-0.3, -0.25) is 9.59 Å². The topological polar surface area (TPSA) is 103 Å². The molecule has 32 heavy (non-hydrogen) atoms. The van der Waals surface area contributed by atoms with Crippen molar-refractivity contribution in [2.24, 2.45) is 0 Å². The molecule has 8 heteroatoms. The number of aromatic nitrogens is 3. The summed E-state index contributed by atoms with van der Waals surface area (Å²) < 4.78 is 14.4. The molecule has 2 aromatic carbocycles. The molecule has 0 spiro atoms. The van der Waals surface area contributed by atoms with Gasteiger partial charge in [0.05, 0.1) is 17.9 Å². The van der Waals surface area contributed by atoms with Crippen LogP contribution in [0.25, 0.3) is 16.8 Å². The number of carbonyl (C=O) groups is 1. The summed E-state index contributed by atoms with van der Waals surface area (Å²) in [7, 11) is 0. The number of nitrogens with one attached hydrogen (secondary N) is 2. The van der Waals surface area contributed by atoms with E-state index in [2.05, 4.69) is 15.4 Å². The van der Waals surface area contributed by atoms with Gasteiger partial charge in [-0.25, -0.2) is 8.91 Å². The zero-order valence-electron chi connectivity index (χ0n) is 17.7. The zero-order chi connectivity index (χ0) is 23.0. The van der Waals surface area contributed by atoms with Crippen molar-refractivity contribution < 1.29 is 9.18 Å². The fourth-order valence-corrected chi connectivity index (χ4v) is 3.50. The predicted molar refractivity (Wildman–Crippen MR) is 118 cm³/mol. The first kappa shape index (κ1) is 21.0. The summed E-state index contributed by atoms with van der Waals surface area (Å²) in [4.78, 5) is 28.4. The summed E-state index contributed by atoms with van der Waals surface area (Å²) in [5, 5.41) is 16.6. The third kappa shape index (κ3) is 3.76. The molecular weight excluding hydrogens is 409 g/mol. The second-order valence-electron chi connectivity index (χ2n) is 7.67. The Morgan fingerprint density at radius 3 is 2.56 bits per heavy atom. The minimum absolute atomic E-state index is 0.000307. The van der Waals surface area contributed by atoms with Crippen LogP contribution in [0.3, 0.4) is 0 Å². The zero-order valence-corrected chi connectivity index (χ0v) is 17.7. The van der Waals surface area contributed by atoms with Crippen LogP contribution in [0.15, 0.2) is 53.5 Å². The van der Waals surface area contributed by atoms with Crippen LogP contribution in [-0.2, 0) is 0 Å². The van der Waals surface area contributed by atoms with Gasteiger partial charge in [-0.1, -0.05) is 24.3 Å². The fraction of sp³-hybridized carbons (Fsp3) is 0.167. The van der Waals surface area contributed by atoms with Gasteiger partial charge in [0.1, 0.15) is 23.0 Å². The number of aromatic amines is 1. The molecule has 0 saturated carbocycles. The molecular formula is C24H20FN5O2. The Morgan fingerprint density at radius 1 is 1.19 bits per heavy atom. The Hall–Kier alpha value is -4.25. The number of hydrogen-bond donors (Lipinski definition) is 2. The van der Waals surface area contributed by atoms with Gasteiger partial charge in [0.2, 0.25) is 0 Å². The van der Waals surface area contributed by atoms with E-state index >= 15 is 0 Å². The third-order valence-corrected chi connectivity index (χ3v) is 5.49. The molecule has 0 bridgehead atoms. The maximum absolute atomic E-state index is 13.2. The van der Waals surface area contributed by atoms with E-state index in [9.17, 15) is 19.2 Å². The van der Waals surface area contributed by atoms with Crippen molar-refractivity contribution in [3.63, 3.8) is 0 Å². The van der Waals surface area contributed by atoms with Crippen LogP contribution in [0.2, 0.25) is 0 Å². The van der Waals surface area contributed by atoms with E-state index in [1.54, 1.807) is 25.3 Å². The first-order chi connectivity index (χ1) is 15.3. The fourth-order valence-electron chi connectivity index (χ4n) is 3.50.